The molecule has 0 spiro atoms. The molecule has 1 aliphatic rings. The second kappa shape index (κ2) is 8.17. The summed E-state index contributed by atoms with van der Waals surface area (Å²) in [6, 6.07) is 17.2. The molecule has 31 heavy (non-hydrogen) atoms. The number of ether oxygens (including phenoxy) is 1. The molecule has 0 aromatic heterocycles. The van der Waals surface area contributed by atoms with Crippen molar-refractivity contribution in [3.05, 3.63) is 88.4 Å². The van der Waals surface area contributed by atoms with E-state index in [2.05, 4.69) is 0 Å². The van der Waals surface area contributed by atoms with Gasteiger partial charge in [0, 0.05) is 5.02 Å². The molecule has 0 radical (unpaired) electrons. The van der Waals surface area contributed by atoms with Gasteiger partial charge in [-0.25, -0.2) is 13.2 Å². The van der Waals surface area contributed by atoms with Gasteiger partial charge in [-0.1, -0.05) is 41.9 Å². The smallest absolute Gasteiger partial charge is 0.338 e. The molecule has 1 heterocycles. The second-order valence-corrected chi connectivity index (χ2v) is 9.18. The lowest BCUT2D eigenvalue weighted by atomic mass is 10.1. The van der Waals surface area contributed by atoms with Gasteiger partial charge in [-0.05, 0) is 48.9 Å². The van der Waals surface area contributed by atoms with Gasteiger partial charge >= 0.3 is 5.97 Å². The van der Waals surface area contributed by atoms with Crippen LogP contribution in [0.3, 0.4) is 0 Å². The van der Waals surface area contributed by atoms with Gasteiger partial charge in [0.05, 0.1) is 39.8 Å². The van der Waals surface area contributed by atoms with Gasteiger partial charge in [0.25, 0.3) is 5.91 Å². The Balaban J connectivity index is 1.97. The summed E-state index contributed by atoms with van der Waals surface area (Å²) >= 11 is 6.31. The average molecular weight is 456 g/mol. The topological polar surface area (TPSA) is 80.8 Å². The highest BCUT2D eigenvalue weighted by atomic mass is 35.5. The Morgan fingerprint density at radius 1 is 1.00 bits per heavy atom. The molecule has 158 valence electrons. The molecule has 1 aliphatic heterocycles. The number of fused-ring (bicyclic) bond motifs is 2. The van der Waals surface area contributed by atoms with Gasteiger partial charge in [-0.2, -0.15) is 0 Å². The van der Waals surface area contributed by atoms with E-state index in [-0.39, 0.29) is 39.8 Å². The van der Waals surface area contributed by atoms with Crippen LogP contribution in [0, 0.1) is 0 Å². The molecule has 0 N–H and O–H groups in total. The molecule has 0 atom stereocenters. The average Bonchev–Trinajstić information content (AvgIpc) is 2.83. The first-order valence-electron chi connectivity index (χ1n) is 9.55. The van der Waals surface area contributed by atoms with Crippen molar-refractivity contribution in [2.45, 2.75) is 23.3 Å². The number of hydrogen-bond donors (Lipinski definition) is 0. The number of carbonyl (C=O) groups is 2. The molecule has 1 amide bonds. The highest BCUT2D eigenvalue weighted by Gasteiger charge is 2.36. The first-order chi connectivity index (χ1) is 14.8. The predicted molar refractivity (Wildman–Crippen MR) is 116 cm³/mol. The van der Waals surface area contributed by atoms with Crippen molar-refractivity contribution in [2.75, 3.05) is 11.5 Å². The lowest BCUT2D eigenvalue weighted by Crippen LogP contribution is -2.30. The number of nitrogens with zero attached hydrogens (tertiary/aromatic N) is 1. The summed E-state index contributed by atoms with van der Waals surface area (Å²) in [5.74, 6) is -1.10. The first kappa shape index (κ1) is 21.1. The fourth-order valence-corrected chi connectivity index (χ4v) is 5.33. The molecule has 0 fully saturated rings. The third-order valence-corrected chi connectivity index (χ3v) is 7.22. The molecule has 0 saturated heterocycles. The highest BCUT2D eigenvalue weighted by Crippen LogP contribution is 2.38. The van der Waals surface area contributed by atoms with Crippen LogP contribution in [0.2, 0.25) is 5.02 Å². The Bertz CT molecular complexity index is 1300. The molecular formula is C23H18ClNO5S. The van der Waals surface area contributed by atoms with Gasteiger partial charge < -0.3 is 9.64 Å². The van der Waals surface area contributed by atoms with Crippen molar-refractivity contribution in [2.24, 2.45) is 0 Å². The van der Waals surface area contributed by atoms with Gasteiger partial charge in [-0.3, -0.25) is 4.79 Å². The van der Waals surface area contributed by atoms with Gasteiger partial charge in [0.15, 0.2) is 0 Å². The van der Waals surface area contributed by atoms with Crippen LogP contribution >= 0.6 is 11.6 Å². The van der Waals surface area contributed by atoms with Crippen LogP contribution in [0.1, 0.15) is 33.2 Å². The Kier molecular flexibility index (Phi) is 5.56. The number of benzene rings is 3. The van der Waals surface area contributed by atoms with E-state index in [0.29, 0.717) is 10.6 Å². The van der Waals surface area contributed by atoms with E-state index < -0.39 is 21.7 Å². The fraction of sp³-hybridized carbons (Fsp3) is 0.130. The Hall–Kier alpha value is -3.16. The number of rotatable bonds is 4. The lowest BCUT2D eigenvalue weighted by Gasteiger charge is -2.24. The van der Waals surface area contributed by atoms with Crippen molar-refractivity contribution in [1.29, 1.82) is 0 Å². The number of amides is 1. The predicted octanol–water partition coefficient (Wildman–Crippen LogP) is 4.51. The summed E-state index contributed by atoms with van der Waals surface area (Å²) in [7, 11) is -4.01. The minimum Gasteiger partial charge on any atom is -0.462 e. The van der Waals surface area contributed by atoms with E-state index in [1.807, 2.05) is 0 Å². The third kappa shape index (κ3) is 3.71. The van der Waals surface area contributed by atoms with Crippen LogP contribution in [0.5, 0.6) is 0 Å². The number of anilines is 1. The number of hydrogen-bond acceptors (Lipinski definition) is 5. The van der Waals surface area contributed by atoms with E-state index in [1.165, 1.54) is 35.2 Å². The number of sulfone groups is 1. The molecule has 4 rings (SSSR count). The summed E-state index contributed by atoms with van der Waals surface area (Å²) < 4.78 is 31.9. The fourth-order valence-electron chi connectivity index (χ4n) is 3.50. The minimum atomic E-state index is -4.01. The lowest BCUT2D eigenvalue weighted by molar-refractivity contribution is 0.0526. The van der Waals surface area contributed by atoms with Crippen LogP contribution in [-0.2, 0) is 21.1 Å². The van der Waals surface area contributed by atoms with Gasteiger partial charge in [0.2, 0.25) is 9.84 Å². The minimum absolute atomic E-state index is 0.0294. The van der Waals surface area contributed by atoms with Crippen LogP contribution in [0.25, 0.3) is 0 Å². The zero-order chi connectivity index (χ0) is 22.2. The van der Waals surface area contributed by atoms with Crippen molar-refractivity contribution < 1.29 is 22.7 Å². The molecule has 0 aliphatic carbocycles. The highest BCUT2D eigenvalue weighted by molar-refractivity contribution is 7.91. The van der Waals surface area contributed by atoms with Crippen LogP contribution < -0.4 is 4.90 Å². The number of carbonyl (C=O) groups excluding carboxylic acids is 2. The van der Waals surface area contributed by atoms with Crippen molar-refractivity contribution in [3.8, 4) is 0 Å². The summed E-state index contributed by atoms with van der Waals surface area (Å²) in [4.78, 5) is 27.0. The molecular weight excluding hydrogens is 438 g/mol. The van der Waals surface area contributed by atoms with E-state index in [9.17, 15) is 18.0 Å². The molecule has 3 aromatic carbocycles. The SMILES string of the molecule is CCOC(=O)c1ccc2c(c1)N(Cc1ccccc1Cl)C(=O)c1ccccc1S2(=O)=O. The number of halogens is 1. The zero-order valence-corrected chi connectivity index (χ0v) is 18.1. The van der Waals surface area contributed by atoms with E-state index in [1.54, 1.807) is 43.3 Å². The first-order valence-corrected chi connectivity index (χ1v) is 11.4. The summed E-state index contributed by atoms with van der Waals surface area (Å²) in [6.07, 6.45) is 0. The third-order valence-electron chi connectivity index (χ3n) is 4.99. The van der Waals surface area contributed by atoms with Crippen LogP contribution in [0.15, 0.2) is 76.5 Å². The largest absolute Gasteiger partial charge is 0.462 e. The molecule has 8 heteroatoms. The Labute approximate surface area is 184 Å². The monoisotopic (exact) mass is 455 g/mol. The molecule has 0 bridgehead atoms. The summed E-state index contributed by atoms with van der Waals surface area (Å²) in [5, 5.41) is 0.443. The quantitative estimate of drug-likeness (QED) is 0.541. The Morgan fingerprint density at radius 2 is 1.71 bits per heavy atom. The van der Waals surface area contributed by atoms with Gasteiger partial charge in [-0.15, -0.1) is 0 Å². The van der Waals surface area contributed by atoms with E-state index in [4.69, 9.17) is 16.3 Å². The summed E-state index contributed by atoms with van der Waals surface area (Å²) in [5.41, 5.74) is 0.954. The molecule has 0 saturated carbocycles. The standard InChI is InChI=1S/C23H18ClNO5S/c1-2-30-23(27)15-11-12-21-19(13-15)25(14-16-7-3-5-9-18(16)24)22(26)17-8-4-6-10-20(17)31(21,28)29/h3-13H,2,14H2,1H3. The van der Waals surface area contributed by atoms with E-state index >= 15 is 0 Å². The van der Waals surface area contributed by atoms with E-state index in [0.717, 1.165) is 0 Å². The maximum Gasteiger partial charge on any atom is 0.338 e. The number of esters is 1. The maximum atomic E-state index is 13.5. The summed E-state index contributed by atoms with van der Waals surface area (Å²) in [6.45, 7) is 1.87. The zero-order valence-electron chi connectivity index (χ0n) is 16.5. The molecule has 3 aromatic rings. The maximum absolute atomic E-state index is 13.5. The van der Waals surface area contributed by atoms with Crippen molar-refractivity contribution in [1.82, 2.24) is 0 Å². The van der Waals surface area contributed by atoms with Crippen molar-refractivity contribution in [3.63, 3.8) is 0 Å². The Morgan fingerprint density at radius 3 is 2.45 bits per heavy atom. The van der Waals surface area contributed by atoms with Gasteiger partial charge in [0.1, 0.15) is 0 Å². The van der Waals surface area contributed by atoms with Crippen molar-refractivity contribution >= 4 is 39.0 Å². The normalized spacial score (nSPS) is 14.4. The molecule has 6 nitrogen and oxygen atoms in total. The van der Waals surface area contributed by atoms with Crippen LogP contribution in [-0.4, -0.2) is 26.9 Å². The van der Waals surface area contributed by atoms with Crippen LogP contribution in [0.4, 0.5) is 5.69 Å². The molecule has 0 unspecified atom stereocenters. The second-order valence-electron chi connectivity index (χ2n) is 6.89.